The van der Waals surface area contributed by atoms with E-state index in [0.717, 1.165) is 12.3 Å². The summed E-state index contributed by atoms with van der Waals surface area (Å²) >= 11 is 10.1. The van der Waals surface area contributed by atoms with Crippen LogP contribution < -0.4 is 6.15 Å². The first-order chi connectivity index (χ1) is 4.83. The number of rotatable bonds is 4. The standard InChI is InChI=1S/C8H19PS2.H3N/c1-7(2)5-9(10,11)6-8(3)4;/h7-8H,5-6H2,1-4H3,(H,10,11);1H3. The average Bonchev–Trinajstić information content (AvgIpc) is 1.53. The fraction of sp³-hybridized carbons (Fsp3) is 1.00. The third kappa shape index (κ3) is 9.05. The molecule has 12 heavy (non-hydrogen) atoms. The molecule has 76 valence electrons. The van der Waals surface area contributed by atoms with Crippen LogP contribution in [0.1, 0.15) is 27.7 Å². The second-order valence-corrected chi connectivity index (χ2v) is 11.6. The summed E-state index contributed by atoms with van der Waals surface area (Å²) in [6, 6.07) is 0. The normalized spacial score (nSPS) is 11.9. The molecule has 0 atom stereocenters. The van der Waals surface area contributed by atoms with E-state index in [-0.39, 0.29) is 6.15 Å². The molecule has 0 heterocycles. The Kier molecular flexibility index (Phi) is 8.26. The van der Waals surface area contributed by atoms with Gasteiger partial charge in [0.1, 0.15) is 0 Å². The lowest BCUT2D eigenvalue weighted by molar-refractivity contribution is 0.723. The van der Waals surface area contributed by atoms with E-state index < -0.39 is 5.24 Å². The van der Waals surface area contributed by atoms with Crippen LogP contribution in [0.4, 0.5) is 0 Å². The van der Waals surface area contributed by atoms with E-state index in [1.165, 1.54) is 0 Å². The Labute approximate surface area is 87.5 Å². The van der Waals surface area contributed by atoms with Gasteiger partial charge in [0.15, 0.2) is 0 Å². The van der Waals surface area contributed by atoms with Crippen LogP contribution in [0, 0.1) is 11.8 Å². The second-order valence-electron chi connectivity index (χ2n) is 4.00. The Balaban J connectivity index is 0. The summed E-state index contributed by atoms with van der Waals surface area (Å²) in [5.74, 6) is 1.41. The van der Waals surface area contributed by atoms with E-state index in [2.05, 4.69) is 39.9 Å². The molecule has 0 saturated carbocycles. The lowest BCUT2D eigenvalue weighted by Crippen LogP contribution is -2.01. The Morgan fingerprint density at radius 2 is 1.33 bits per heavy atom. The van der Waals surface area contributed by atoms with E-state index in [0.29, 0.717) is 11.8 Å². The highest BCUT2D eigenvalue weighted by atomic mass is 32.9. The lowest BCUT2D eigenvalue weighted by atomic mass is 10.3. The summed E-state index contributed by atoms with van der Waals surface area (Å²) in [7, 11) is 0. The van der Waals surface area contributed by atoms with Gasteiger partial charge in [0.05, 0.1) is 0 Å². The van der Waals surface area contributed by atoms with E-state index in [9.17, 15) is 0 Å². The van der Waals surface area contributed by atoms with Gasteiger partial charge in [-0.15, -0.1) is 12.2 Å². The highest BCUT2D eigenvalue weighted by Crippen LogP contribution is 2.53. The van der Waals surface area contributed by atoms with Crippen LogP contribution in [-0.2, 0) is 11.8 Å². The van der Waals surface area contributed by atoms with Crippen molar-refractivity contribution in [2.45, 2.75) is 27.7 Å². The first-order valence-corrected chi connectivity index (χ1v) is 8.47. The van der Waals surface area contributed by atoms with Crippen molar-refractivity contribution in [3.63, 3.8) is 0 Å². The van der Waals surface area contributed by atoms with Crippen LogP contribution in [-0.4, -0.2) is 12.3 Å². The minimum absolute atomic E-state index is 0. The van der Waals surface area contributed by atoms with Crippen LogP contribution in [0.15, 0.2) is 0 Å². The molecule has 0 saturated heterocycles. The molecule has 0 spiro atoms. The first-order valence-electron chi connectivity index (χ1n) is 4.14. The monoisotopic (exact) mass is 227 g/mol. The van der Waals surface area contributed by atoms with Gasteiger partial charge in [0.25, 0.3) is 0 Å². The van der Waals surface area contributed by atoms with Gasteiger partial charge < -0.3 is 6.15 Å². The first kappa shape index (κ1) is 15.4. The zero-order valence-corrected chi connectivity index (χ0v) is 11.2. The fourth-order valence-corrected chi connectivity index (χ4v) is 7.40. The van der Waals surface area contributed by atoms with Crippen molar-refractivity contribution in [1.82, 2.24) is 6.15 Å². The summed E-state index contributed by atoms with van der Waals surface area (Å²) in [6.07, 6.45) is 2.28. The number of hydrogen-bond donors (Lipinski definition) is 2. The third-order valence-corrected chi connectivity index (χ3v) is 5.78. The Morgan fingerprint density at radius 3 is 1.50 bits per heavy atom. The van der Waals surface area contributed by atoms with Gasteiger partial charge in [0, 0.05) is 5.24 Å². The van der Waals surface area contributed by atoms with Crippen molar-refractivity contribution >= 4 is 29.3 Å². The average molecular weight is 227 g/mol. The quantitative estimate of drug-likeness (QED) is 0.566. The molecule has 0 aromatic heterocycles. The molecule has 0 aliphatic carbocycles. The van der Waals surface area contributed by atoms with Gasteiger partial charge in [-0.25, -0.2) is 0 Å². The molecule has 3 N–H and O–H groups in total. The predicted octanol–water partition coefficient (Wildman–Crippen LogP) is 3.78. The zero-order valence-electron chi connectivity index (χ0n) is 8.58. The van der Waals surface area contributed by atoms with Gasteiger partial charge in [0.2, 0.25) is 0 Å². The zero-order chi connectivity index (χ0) is 9.07. The Morgan fingerprint density at radius 1 is 1.08 bits per heavy atom. The molecule has 4 heteroatoms. The maximum atomic E-state index is 5.47. The summed E-state index contributed by atoms with van der Waals surface area (Å²) < 4.78 is 0. The summed E-state index contributed by atoms with van der Waals surface area (Å²) in [4.78, 5) is 0. The molecule has 0 aromatic carbocycles. The van der Waals surface area contributed by atoms with Gasteiger partial charge in [-0.1, -0.05) is 39.5 Å². The van der Waals surface area contributed by atoms with Crippen molar-refractivity contribution < 1.29 is 0 Å². The summed E-state index contributed by atoms with van der Waals surface area (Å²) in [6.45, 7) is 8.88. The van der Waals surface area contributed by atoms with E-state index in [1.54, 1.807) is 0 Å². The molecule has 0 bridgehead atoms. The van der Waals surface area contributed by atoms with Crippen LogP contribution in [0.3, 0.4) is 0 Å². The SMILES string of the molecule is CC(C)CP(=S)(S)CC(C)C.N. The Hall–Kier alpha value is 0.960. The van der Waals surface area contributed by atoms with Crippen molar-refractivity contribution in [2.75, 3.05) is 12.3 Å². The lowest BCUT2D eigenvalue weighted by Gasteiger charge is -2.19. The third-order valence-electron chi connectivity index (χ3n) is 1.30. The summed E-state index contributed by atoms with van der Waals surface area (Å²) in [5.41, 5.74) is 0. The minimum atomic E-state index is -1.28. The van der Waals surface area contributed by atoms with E-state index in [1.807, 2.05) is 0 Å². The Bertz CT molecular complexity index is 143. The minimum Gasteiger partial charge on any atom is -0.344 e. The van der Waals surface area contributed by atoms with Gasteiger partial charge >= 0.3 is 0 Å². The summed E-state index contributed by atoms with van der Waals surface area (Å²) in [5, 5.41) is -1.28. The van der Waals surface area contributed by atoms with Crippen LogP contribution in [0.5, 0.6) is 0 Å². The molecule has 1 nitrogen and oxygen atoms in total. The van der Waals surface area contributed by atoms with Crippen molar-refractivity contribution in [1.29, 1.82) is 0 Å². The van der Waals surface area contributed by atoms with Crippen molar-refractivity contribution in [2.24, 2.45) is 11.8 Å². The largest absolute Gasteiger partial charge is 0.344 e. The fourth-order valence-electron chi connectivity index (χ4n) is 1.22. The maximum absolute atomic E-state index is 5.47. The highest BCUT2D eigenvalue weighted by molar-refractivity contribution is 8.63. The number of thiol groups is 1. The molecule has 0 aliphatic rings. The molecule has 0 unspecified atom stereocenters. The molecule has 0 rings (SSSR count). The highest BCUT2D eigenvalue weighted by Gasteiger charge is 2.14. The van der Waals surface area contributed by atoms with E-state index >= 15 is 0 Å². The molecular formula is C8H22NPS2. The predicted molar refractivity (Wildman–Crippen MR) is 67.7 cm³/mol. The van der Waals surface area contributed by atoms with Gasteiger partial charge in [-0.3, -0.25) is 0 Å². The molecule has 0 fully saturated rings. The smallest absolute Gasteiger partial charge is 0.00393 e. The molecule has 0 aliphatic heterocycles. The van der Waals surface area contributed by atoms with Crippen molar-refractivity contribution in [3.8, 4) is 0 Å². The molecule has 0 amide bonds. The van der Waals surface area contributed by atoms with Crippen LogP contribution in [0.25, 0.3) is 0 Å². The van der Waals surface area contributed by atoms with E-state index in [4.69, 9.17) is 11.8 Å². The van der Waals surface area contributed by atoms with Gasteiger partial charge in [-0.05, 0) is 24.2 Å². The topological polar surface area (TPSA) is 35.0 Å². The molecule has 0 aromatic rings. The second kappa shape index (κ2) is 6.42. The van der Waals surface area contributed by atoms with Gasteiger partial charge in [-0.2, -0.15) is 0 Å². The van der Waals surface area contributed by atoms with Crippen LogP contribution in [0.2, 0.25) is 0 Å². The van der Waals surface area contributed by atoms with Crippen molar-refractivity contribution in [3.05, 3.63) is 0 Å². The molecule has 0 radical (unpaired) electrons. The maximum Gasteiger partial charge on any atom is 0.00393 e. The number of hydrogen-bond acceptors (Lipinski definition) is 2. The molecular weight excluding hydrogens is 205 g/mol. The van der Waals surface area contributed by atoms with Crippen LogP contribution >= 0.6 is 17.5 Å².